The Morgan fingerprint density at radius 3 is 1.00 bits per heavy atom. The van der Waals surface area contributed by atoms with Gasteiger partial charge in [0, 0.05) is 0 Å². The molecule has 146 valence electrons. The van der Waals surface area contributed by atoms with Crippen molar-refractivity contribution in [2.45, 2.75) is 143 Å². The molecule has 24 heavy (non-hydrogen) atoms. The first-order chi connectivity index (χ1) is 11.8. The Balaban J connectivity index is 4.05. The SMILES string of the molecule is CCCCCCCCC(CCC)C(CCC)CCCCCCCC. The lowest BCUT2D eigenvalue weighted by Gasteiger charge is -2.27. The number of rotatable bonds is 19. The largest absolute Gasteiger partial charge is 0.0654 e. The van der Waals surface area contributed by atoms with Gasteiger partial charge >= 0.3 is 0 Å². The third-order valence-corrected chi connectivity index (χ3v) is 5.84. The molecule has 2 unspecified atom stereocenters. The Morgan fingerprint density at radius 2 is 0.667 bits per heavy atom. The van der Waals surface area contributed by atoms with Gasteiger partial charge in [-0.2, -0.15) is 0 Å². The zero-order valence-corrected chi connectivity index (χ0v) is 17.9. The van der Waals surface area contributed by atoms with E-state index in [1.54, 1.807) is 0 Å². The molecule has 0 aromatic heterocycles. The van der Waals surface area contributed by atoms with Crippen molar-refractivity contribution in [1.82, 2.24) is 0 Å². The number of hydrogen-bond acceptors (Lipinski definition) is 0. The summed E-state index contributed by atoms with van der Waals surface area (Å²) in [5, 5.41) is 0. The van der Waals surface area contributed by atoms with Crippen molar-refractivity contribution in [3.63, 3.8) is 0 Å². The minimum absolute atomic E-state index is 1.02. The topological polar surface area (TPSA) is 0 Å². The molecule has 0 rings (SSSR count). The van der Waals surface area contributed by atoms with E-state index in [0.717, 1.165) is 11.8 Å². The van der Waals surface area contributed by atoms with Gasteiger partial charge in [-0.3, -0.25) is 0 Å². The van der Waals surface area contributed by atoms with Gasteiger partial charge in [-0.1, -0.05) is 143 Å². The van der Waals surface area contributed by atoms with Crippen LogP contribution in [0.15, 0.2) is 0 Å². The van der Waals surface area contributed by atoms with Crippen LogP contribution >= 0.6 is 0 Å². The van der Waals surface area contributed by atoms with Crippen LogP contribution in [-0.4, -0.2) is 0 Å². The van der Waals surface area contributed by atoms with Gasteiger partial charge in [-0.25, -0.2) is 0 Å². The Labute approximate surface area is 155 Å². The van der Waals surface area contributed by atoms with Crippen LogP contribution in [0.5, 0.6) is 0 Å². The first-order valence-corrected chi connectivity index (χ1v) is 11.8. The molecule has 0 nitrogen and oxygen atoms in total. The Morgan fingerprint density at radius 1 is 0.333 bits per heavy atom. The van der Waals surface area contributed by atoms with Gasteiger partial charge in [0.25, 0.3) is 0 Å². The number of unbranched alkanes of at least 4 members (excludes halogenated alkanes) is 10. The molecule has 0 bridgehead atoms. The second-order valence-corrected chi connectivity index (χ2v) is 8.21. The fraction of sp³-hybridized carbons (Fsp3) is 1.00. The van der Waals surface area contributed by atoms with Crippen LogP contribution in [0.25, 0.3) is 0 Å². The molecule has 0 spiro atoms. The summed E-state index contributed by atoms with van der Waals surface area (Å²) < 4.78 is 0. The van der Waals surface area contributed by atoms with Gasteiger partial charge in [-0.05, 0) is 11.8 Å². The lowest BCUT2D eigenvalue weighted by Crippen LogP contribution is -2.15. The van der Waals surface area contributed by atoms with Crippen LogP contribution in [0.1, 0.15) is 143 Å². The van der Waals surface area contributed by atoms with Crippen LogP contribution in [-0.2, 0) is 0 Å². The van der Waals surface area contributed by atoms with Crippen molar-refractivity contribution >= 4 is 0 Å². The molecule has 0 saturated carbocycles. The third kappa shape index (κ3) is 14.4. The van der Waals surface area contributed by atoms with Crippen molar-refractivity contribution in [3.05, 3.63) is 0 Å². The molecule has 0 saturated heterocycles. The van der Waals surface area contributed by atoms with E-state index in [4.69, 9.17) is 0 Å². The van der Waals surface area contributed by atoms with Gasteiger partial charge in [0.1, 0.15) is 0 Å². The average Bonchev–Trinajstić information content (AvgIpc) is 2.59. The van der Waals surface area contributed by atoms with E-state index in [-0.39, 0.29) is 0 Å². The second-order valence-electron chi connectivity index (χ2n) is 8.21. The van der Waals surface area contributed by atoms with E-state index in [0.29, 0.717) is 0 Å². The minimum atomic E-state index is 1.02. The van der Waals surface area contributed by atoms with E-state index in [1.165, 1.54) is 116 Å². The van der Waals surface area contributed by atoms with Gasteiger partial charge in [0.2, 0.25) is 0 Å². The Bertz CT molecular complexity index is 196. The number of hydrogen-bond donors (Lipinski definition) is 0. The summed E-state index contributed by atoms with van der Waals surface area (Å²) in [5.41, 5.74) is 0. The van der Waals surface area contributed by atoms with Gasteiger partial charge in [-0.15, -0.1) is 0 Å². The molecule has 0 aromatic rings. The highest BCUT2D eigenvalue weighted by atomic mass is 14.2. The summed E-state index contributed by atoms with van der Waals surface area (Å²) in [6, 6.07) is 0. The first kappa shape index (κ1) is 24.0. The molecule has 0 aliphatic carbocycles. The van der Waals surface area contributed by atoms with E-state index < -0.39 is 0 Å². The zero-order chi connectivity index (χ0) is 17.9. The fourth-order valence-electron chi connectivity index (χ4n) is 4.35. The minimum Gasteiger partial charge on any atom is -0.0654 e. The fourth-order valence-corrected chi connectivity index (χ4v) is 4.35. The predicted molar refractivity (Wildman–Crippen MR) is 113 cm³/mol. The van der Waals surface area contributed by atoms with Gasteiger partial charge in [0.05, 0.1) is 0 Å². The molecule has 0 aliphatic heterocycles. The molecule has 0 N–H and O–H groups in total. The molecule has 0 heteroatoms. The van der Waals surface area contributed by atoms with Crippen LogP contribution in [0, 0.1) is 11.8 Å². The van der Waals surface area contributed by atoms with Gasteiger partial charge < -0.3 is 0 Å². The summed E-state index contributed by atoms with van der Waals surface area (Å²) in [7, 11) is 0. The molecule has 0 fully saturated rings. The van der Waals surface area contributed by atoms with Crippen LogP contribution in [0.2, 0.25) is 0 Å². The monoisotopic (exact) mass is 338 g/mol. The molecule has 0 radical (unpaired) electrons. The van der Waals surface area contributed by atoms with E-state index in [2.05, 4.69) is 27.7 Å². The molecule has 0 aliphatic rings. The summed E-state index contributed by atoms with van der Waals surface area (Å²) in [6.45, 7) is 9.41. The molecule has 2 atom stereocenters. The highest BCUT2D eigenvalue weighted by Crippen LogP contribution is 2.32. The summed E-state index contributed by atoms with van der Waals surface area (Å²) in [6.07, 6.45) is 26.2. The summed E-state index contributed by atoms with van der Waals surface area (Å²) in [5.74, 6) is 2.05. The maximum Gasteiger partial charge on any atom is -0.0386 e. The quantitative estimate of drug-likeness (QED) is 0.206. The van der Waals surface area contributed by atoms with Crippen LogP contribution in [0.4, 0.5) is 0 Å². The maximum absolute atomic E-state index is 2.39. The van der Waals surface area contributed by atoms with Crippen molar-refractivity contribution in [1.29, 1.82) is 0 Å². The van der Waals surface area contributed by atoms with E-state index in [1.807, 2.05) is 0 Å². The average molecular weight is 339 g/mol. The maximum atomic E-state index is 2.39. The molecule has 0 heterocycles. The van der Waals surface area contributed by atoms with Crippen molar-refractivity contribution < 1.29 is 0 Å². The van der Waals surface area contributed by atoms with Crippen LogP contribution < -0.4 is 0 Å². The standard InChI is InChI=1S/C24H50/c1-5-9-11-13-15-17-21-23(19-7-3)24(20-8-4)22-18-16-14-12-10-6-2/h23-24H,5-22H2,1-4H3. The first-order valence-electron chi connectivity index (χ1n) is 11.8. The smallest absolute Gasteiger partial charge is 0.0386 e. The van der Waals surface area contributed by atoms with Crippen molar-refractivity contribution in [2.75, 3.05) is 0 Å². The zero-order valence-electron chi connectivity index (χ0n) is 17.9. The molecular formula is C24H50. The lowest BCUT2D eigenvalue weighted by molar-refractivity contribution is 0.245. The van der Waals surface area contributed by atoms with Crippen molar-refractivity contribution in [3.8, 4) is 0 Å². The molecular weight excluding hydrogens is 288 g/mol. The predicted octanol–water partition coefficient (Wildman–Crippen LogP) is 9.32. The van der Waals surface area contributed by atoms with Gasteiger partial charge in [0.15, 0.2) is 0 Å². The Hall–Kier alpha value is 0. The van der Waals surface area contributed by atoms with E-state index >= 15 is 0 Å². The molecule has 0 amide bonds. The molecule has 0 aromatic carbocycles. The summed E-state index contributed by atoms with van der Waals surface area (Å²) in [4.78, 5) is 0. The Kier molecular flexibility index (Phi) is 19.3. The normalized spacial score (nSPS) is 14.0. The lowest BCUT2D eigenvalue weighted by atomic mass is 9.79. The van der Waals surface area contributed by atoms with Crippen LogP contribution in [0.3, 0.4) is 0 Å². The third-order valence-electron chi connectivity index (χ3n) is 5.84. The van der Waals surface area contributed by atoms with E-state index in [9.17, 15) is 0 Å². The highest BCUT2D eigenvalue weighted by molar-refractivity contribution is 4.71. The highest BCUT2D eigenvalue weighted by Gasteiger charge is 2.19. The second kappa shape index (κ2) is 19.3. The summed E-state index contributed by atoms with van der Waals surface area (Å²) >= 11 is 0. The van der Waals surface area contributed by atoms with Crippen molar-refractivity contribution in [2.24, 2.45) is 11.8 Å².